The fourth-order valence-corrected chi connectivity index (χ4v) is 2.78. The number of halogens is 3. The highest BCUT2D eigenvalue weighted by atomic mass is 32.2. The van der Waals surface area contributed by atoms with Crippen molar-refractivity contribution in [3.05, 3.63) is 29.8 Å². The van der Waals surface area contributed by atoms with Crippen LogP contribution in [0.3, 0.4) is 0 Å². The lowest BCUT2D eigenvalue weighted by Crippen LogP contribution is -2.18. The summed E-state index contributed by atoms with van der Waals surface area (Å²) in [4.78, 5) is 0. The molecule has 0 saturated heterocycles. The van der Waals surface area contributed by atoms with Gasteiger partial charge >= 0.3 is 6.18 Å². The first-order valence-corrected chi connectivity index (χ1v) is 7.68. The van der Waals surface area contributed by atoms with Gasteiger partial charge in [-0.05, 0) is 30.7 Å². The van der Waals surface area contributed by atoms with Crippen LogP contribution in [-0.2, 0) is 16.0 Å². The topological polar surface area (TPSA) is 46.2 Å². The van der Waals surface area contributed by atoms with Gasteiger partial charge in [0, 0.05) is 18.0 Å². The maximum atomic E-state index is 12.3. The van der Waals surface area contributed by atoms with Gasteiger partial charge in [-0.1, -0.05) is 6.92 Å². The molecule has 0 bridgehead atoms. The van der Waals surface area contributed by atoms with Crippen molar-refractivity contribution >= 4 is 15.5 Å². The third kappa shape index (κ3) is 5.50. The third-order valence-electron chi connectivity index (χ3n) is 2.47. The van der Waals surface area contributed by atoms with E-state index in [4.69, 9.17) is 0 Å². The van der Waals surface area contributed by atoms with Crippen molar-refractivity contribution in [1.29, 1.82) is 0 Å². The van der Waals surface area contributed by atoms with Gasteiger partial charge in [0.2, 0.25) is 0 Å². The molecule has 0 radical (unpaired) electrons. The molecule has 0 aliphatic carbocycles. The zero-order chi connectivity index (χ0) is 14.5. The molecule has 0 aromatic heterocycles. The van der Waals surface area contributed by atoms with E-state index < -0.39 is 21.6 Å². The SMILES string of the molecule is CCCS(=O)(=O)CCNc1ccc(C(F)(F)F)cc1. The lowest BCUT2D eigenvalue weighted by Gasteiger charge is -2.09. The quantitative estimate of drug-likeness (QED) is 0.877. The molecule has 1 N–H and O–H groups in total. The molecule has 1 aromatic rings. The van der Waals surface area contributed by atoms with E-state index in [1.807, 2.05) is 0 Å². The maximum absolute atomic E-state index is 12.3. The standard InChI is InChI=1S/C12H16F3NO2S/c1-2-8-19(17,18)9-7-16-11-5-3-10(4-6-11)12(13,14)15/h3-6,16H,2,7-9H2,1H3. The molecule has 0 saturated carbocycles. The molecule has 19 heavy (non-hydrogen) atoms. The fraction of sp³-hybridized carbons (Fsp3) is 0.500. The minimum absolute atomic E-state index is 0.0259. The lowest BCUT2D eigenvalue weighted by molar-refractivity contribution is -0.137. The molecule has 0 spiro atoms. The summed E-state index contributed by atoms with van der Waals surface area (Å²) in [5.74, 6) is 0.101. The molecular formula is C12H16F3NO2S. The molecule has 1 rings (SSSR count). The Kier molecular flexibility index (Phi) is 5.22. The van der Waals surface area contributed by atoms with Crippen LogP contribution in [0.15, 0.2) is 24.3 Å². The summed E-state index contributed by atoms with van der Waals surface area (Å²) in [6, 6.07) is 4.50. The summed E-state index contributed by atoms with van der Waals surface area (Å²) < 4.78 is 59.8. The number of anilines is 1. The first-order valence-electron chi connectivity index (χ1n) is 5.86. The van der Waals surface area contributed by atoms with Gasteiger partial charge in [0.25, 0.3) is 0 Å². The zero-order valence-corrected chi connectivity index (χ0v) is 11.3. The molecule has 0 unspecified atom stereocenters. The van der Waals surface area contributed by atoms with Crippen molar-refractivity contribution in [2.75, 3.05) is 23.4 Å². The van der Waals surface area contributed by atoms with Gasteiger partial charge in [-0.3, -0.25) is 0 Å². The third-order valence-corrected chi connectivity index (χ3v) is 4.33. The van der Waals surface area contributed by atoms with E-state index >= 15 is 0 Å². The van der Waals surface area contributed by atoms with Crippen molar-refractivity contribution in [3.8, 4) is 0 Å². The van der Waals surface area contributed by atoms with Crippen LogP contribution in [0.5, 0.6) is 0 Å². The number of hydrogen-bond acceptors (Lipinski definition) is 3. The van der Waals surface area contributed by atoms with Crippen molar-refractivity contribution in [2.45, 2.75) is 19.5 Å². The van der Waals surface area contributed by atoms with Crippen LogP contribution >= 0.6 is 0 Å². The van der Waals surface area contributed by atoms with E-state index in [0.29, 0.717) is 12.1 Å². The number of alkyl halides is 3. The Morgan fingerprint density at radius 3 is 2.16 bits per heavy atom. The summed E-state index contributed by atoms with van der Waals surface area (Å²) in [5.41, 5.74) is -0.253. The highest BCUT2D eigenvalue weighted by molar-refractivity contribution is 7.91. The molecule has 7 heteroatoms. The molecule has 0 fully saturated rings. The smallest absolute Gasteiger partial charge is 0.384 e. The monoisotopic (exact) mass is 295 g/mol. The van der Waals surface area contributed by atoms with E-state index in [2.05, 4.69) is 5.32 Å². The number of rotatable bonds is 6. The van der Waals surface area contributed by atoms with Crippen molar-refractivity contribution in [2.24, 2.45) is 0 Å². The molecule has 108 valence electrons. The van der Waals surface area contributed by atoms with Crippen LogP contribution in [0, 0.1) is 0 Å². The number of hydrogen-bond donors (Lipinski definition) is 1. The van der Waals surface area contributed by atoms with Crippen molar-refractivity contribution in [1.82, 2.24) is 0 Å². The summed E-state index contributed by atoms with van der Waals surface area (Å²) in [5, 5.41) is 2.79. The highest BCUT2D eigenvalue weighted by Crippen LogP contribution is 2.29. The van der Waals surface area contributed by atoms with E-state index in [0.717, 1.165) is 12.1 Å². The Morgan fingerprint density at radius 1 is 1.11 bits per heavy atom. The zero-order valence-electron chi connectivity index (χ0n) is 10.5. The molecule has 0 atom stereocenters. The minimum Gasteiger partial charge on any atom is -0.384 e. The Morgan fingerprint density at radius 2 is 1.68 bits per heavy atom. The van der Waals surface area contributed by atoms with Gasteiger partial charge in [0.15, 0.2) is 9.84 Å². The largest absolute Gasteiger partial charge is 0.416 e. The van der Waals surface area contributed by atoms with Crippen molar-refractivity contribution < 1.29 is 21.6 Å². The number of nitrogens with one attached hydrogen (secondary N) is 1. The molecule has 0 aliphatic heterocycles. The Bertz CT molecular complexity index is 495. The van der Waals surface area contributed by atoms with Crippen LogP contribution in [0.25, 0.3) is 0 Å². The molecule has 0 heterocycles. The number of sulfone groups is 1. The second-order valence-electron chi connectivity index (χ2n) is 4.15. The minimum atomic E-state index is -4.36. The van der Waals surface area contributed by atoms with Crippen LogP contribution in [0.4, 0.5) is 18.9 Å². The van der Waals surface area contributed by atoms with Gasteiger partial charge in [-0.2, -0.15) is 13.2 Å². The lowest BCUT2D eigenvalue weighted by atomic mass is 10.2. The van der Waals surface area contributed by atoms with Crippen LogP contribution in [0.2, 0.25) is 0 Å². The average Bonchev–Trinajstić information content (AvgIpc) is 2.28. The van der Waals surface area contributed by atoms with Crippen LogP contribution in [0.1, 0.15) is 18.9 Å². The van der Waals surface area contributed by atoms with Crippen LogP contribution < -0.4 is 5.32 Å². The van der Waals surface area contributed by atoms with E-state index in [1.54, 1.807) is 6.92 Å². The molecular weight excluding hydrogens is 279 g/mol. The normalized spacial score (nSPS) is 12.4. The first-order chi connectivity index (χ1) is 8.74. The van der Waals surface area contributed by atoms with Crippen molar-refractivity contribution in [3.63, 3.8) is 0 Å². The van der Waals surface area contributed by atoms with E-state index in [1.165, 1.54) is 12.1 Å². The van der Waals surface area contributed by atoms with Gasteiger partial charge in [0.05, 0.1) is 11.3 Å². The molecule has 0 aliphatic rings. The molecule has 0 amide bonds. The Hall–Kier alpha value is -1.24. The Labute approximate surface area is 110 Å². The average molecular weight is 295 g/mol. The predicted octanol–water partition coefficient (Wildman–Crippen LogP) is 2.94. The summed E-state index contributed by atoms with van der Waals surface area (Å²) in [7, 11) is -3.08. The van der Waals surface area contributed by atoms with Gasteiger partial charge < -0.3 is 5.32 Å². The predicted molar refractivity (Wildman–Crippen MR) is 68.9 cm³/mol. The van der Waals surface area contributed by atoms with E-state index in [9.17, 15) is 21.6 Å². The van der Waals surface area contributed by atoms with E-state index in [-0.39, 0.29) is 18.1 Å². The van der Waals surface area contributed by atoms with Gasteiger partial charge in [-0.25, -0.2) is 8.42 Å². The van der Waals surface area contributed by atoms with Crippen LogP contribution in [-0.4, -0.2) is 26.5 Å². The van der Waals surface area contributed by atoms with Gasteiger partial charge in [-0.15, -0.1) is 0 Å². The summed E-state index contributed by atoms with van der Waals surface area (Å²) in [6.07, 6.45) is -3.80. The second-order valence-corrected chi connectivity index (χ2v) is 6.46. The van der Waals surface area contributed by atoms with Gasteiger partial charge in [0.1, 0.15) is 0 Å². The maximum Gasteiger partial charge on any atom is 0.416 e. The molecule has 3 nitrogen and oxygen atoms in total. The molecule has 1 aromatic carbocycles. The number of benzene rings is 1. The summed E-state index contributed by atoms with van der Waals surface area (Å²) in [6.45, 7) is 1.97. The highest BCUT2D eigenvalue weighted by Gasteiger charge is 2.29. The second kappa shape index (κ2) is 6.27. The fourth-order valence-electron chi connectivity index (χ4n) is 1.54. The summed E-state index contributed by atoms with van der Waals surface area (Å²) >= 11 is 0. The first kappa shape index (κ1) is 15.8. The Balaban J connectivity index is 2.51.